The first-order valence-electron chi connectivity index (χ1n) is 11.2. The molecule has 1 atom stereocenters. The maximum atomic E-state index is 13.6. The zero-order valence-corrected chi connectivity index (χ0v) is 23.4. The molecule has 0 saturated heterocycles. The average molecular weight is 605 g/mol. The predicted octanol–water partition coefficient (Wildman–Crippen LogP) is 5.00. The maximum Gasteiger partial charge on any atom is 0.244 e. The zero-order chi connectivity index (χ0) is 25.8. The molecular weight excluding hydrogens is 577 g/mol. The van der Waals surface area contributed by atoms with Crippen LogP contribution in [0.15, 0.2) is 46.9 Å². The van der Waals surface area contributed by atoms with Crippen LogP contribution in [-0.2, 0) is 26.2 Å². The SMILES string of the molecule is C[C@H](C(=O)NC1CCCC1)N(Cc1cccc(Br)c1)C(=O)CN(c1ccc(Cl)cc1Cl)S(C)(=O)=O. The van der Waals surface area contributed by atoms with Gasteiger partial charge in [-0.1, -0.05) is 64.1 Å². The van der Waals surface area contributed by atoms with E-state index in [1.54, 1.807) is 6.92 Å². The molecule has 2 aromatic rings. The minimum absolute atomic E-state index is 0.0909. The molecule has 0 bridgehead atoms. The molecule has 1 N–H and O–H groups in total. The van der Waals surface area contributed by atoms with Gasteiger partial charge in [0.15, 0.2) is 0 Å². The Morgan fingerprint density at radius 1 is 1.14 bits per heavy atom. The lowest BCUT2D eigenvalue weighted by atomic mass is 10.1. The Morgan fingerprint density at radius 3 is 2.43 bits per heavy atom. The van der Waals surface area contributed by atoms with Gasteiger partial charge in [0.1, 0.15) is 12.6 Å². The van der Waals surface area contributed by atoms with Crippen molar-refractivity contribution in [2.75, 3.05) is 17.1 Å². The summed E-state index contributed by atoms with van der Waals surface area (Å²) in [6.07, 6.45) is 4.94. The molecule has 2 amide bonds. The Bertz CT molecular complexity index is 1190. The number of hydrogen-bond donors (Lipinski definition) is 1. The molecule has 7 nitrogen and oxygen atoms in total. The van der Waals surface area contributed by atoms with Crippen molar-refractivity contribution in [1.82, 2.24) is 10.2 Å². The summed E-state index contributed by atoms with van der Waals surface area (Å²) in [5.74, 6) is -0.800. The van der Waals surface area contributed by atoms with Crippen LogP contribution in [0.2, 0.25) is 10.0 Å². The number of rotatable bonds is 9. The highest BCUT2D eigenvalue weighted by Gasteiger charge is 2.32. The molecule has 0 heterocycles. The lowest BCUT2D eigenvalue weighted by Crippen LogP contribution is -2.52. The minimum atomic E-state index is -3.88. The fraction of sp³-hybridized carbons (Fsp3) is 0.417. The largest absolute Gasteiger partial charge is 0.352 e. The van der Waals surface area contributed by atoms with Gasteiger partial charge in [-0.05, 0) is 55.7 Å². The van der Waals surface area contributed by atoms with Crippen molar-refractivity contribution in [2.45, 2.75) is 51.2 Å². The first-order chi connectivity index (χ1) is 16.5. The van der Waals surface area contributed by atoms with E-state index in [0.29, 0.717) is 5.02 Å². The topological polar surface area (TPSA) is 86.8 Å². The van der Waals surface area contributed by atoms with Crippen molar-refractivity contribution in [2.24, 2.45) is 0 Å². The maximum absolute atomic E-state index is 13.6. The van der Waals surface area contributed by atoms with E-state index >= 15 is 0 Å². The summed E-state index contributed by atoms with van der Waals surface area (Å²) in [6.45, 7) is 1.26. The van der Waals surface area contributed by atoms with Crippen LogP contribution in [0.1, 0.15) is 38.2 Å². The quantitative estimate of drug-likeness (QED) is 0.436. The van der Waals surface area contributed by atoms with Crippen LogP contribution in [0.3, 0.4) is 0 Å². The normalized spacial score (nSPS) is 15.0. The summed E-state index contributed by atoms with van der Waals surface area (Å²) in [5.41, 5.74) is 0.932. The number of benzene rings is 2. The Kier molecular flexibility index (Phi) is 9.48. The summed E-state index contributed by atoms with van der Waals surface area (Å²) < 4.78 is 27.0. The van der Waals surface area contributed by atoms with Crippen LogP contribution < -0.4 is 9.62 Å². The predicted molar refractivity (Wildman–Crippen MR) is 143 cm³/mol. The third-order valence-corrected chi connectivity index (χ3v) is 8.13. The standard InChI is InChI=1S/C24H28BrCl2N3O4S/c1-16(24(32)28-20-8-3-4-9-20)29(14-17-6-5-7-18(25)12-17)23(31)15-30(35(2,33)34)22-11-10-19(26)13-21(22)27/h5-7,10-13,16,20H,3-4,8-9,14-15H2,1-2H3,(H,28,32)/t16-/m1/s1. The second kappa shape index (κ2) is 12.0. The van der Waals surface area contributed by atoms with Gasteiger partial charge in [-0.15, -0.1) is 0 Å². The third-order valence-electron chi connectivity index (χ3n) is 5.97. The minimum Gasteiger partial charge on any atom is -0.352 e. The molecular formula is C24H28BrCl2N3O4S. The Hall–Kier alpha value is -1.81. The van der Waals surface area contributed by atoms with Crippen molar-refractivity contribution >= 4 is 66.7 Å². The van der Waals surface area contributed by atoms with Crippen LogP contribution in [0.25, 0.3) is 0 Å². The van der Waals surface area contributed by atoms with Crippen molar-refractivity contribution in [3.05, 3.63) is 62.5 Å². The summed E-state index contributed by atoms with van der Waals surface area (Å²) in [4.78, 5) is 28.0. The third kappa shape index (κ3) is 7.59. The molecule has 1 saturated carbocycles. The van der Waals surface area contributed by atoms with Gasteiger partial charge < -0.3 is 10.2 Å². The Labute approximate surface area is 224 Å². The van der Waals surface area contributed by atoms with Gasteiger partial charge in [-0.25, -0.2) is 8.42 Å². The van der Waals surface area contributed by atoms with Crippen molar-refractivity contribution in [3.63, 3.8) is 0 Å². The van der Waals surface area contributed by atoms with Gasteiger partial charge in [0.25, 0.3) is 0 Å². The fourth-order valence-electron chi connectivity index (χ4n) is 4.08. The van der Waals surface area contributed by atoms with Gasteiger partial charge in [-0.3, -0.25) is 13.9 Å². The highest BCUT2D eigenvalue weighted by molar-refractivity contribution is 9.10. The molecule has 2 aromatic carbocycles. The summed E-state index contributed by atoms with van der Waals surface area (Å²) in [5, 5.41) is 3.47. The molecule has 0 spiro atoms. The van der Waals surface area contributed by atoms with Gasteiger partial charge in [0.2, 0.25) is 21.8 Å². The lowest BCUT2D eigenvalue weighted by Gasteiger charge is -2.32. The van der Waals surface area contributed by atoms with Crippen molar-refractivity contribution < 1.29 is 18.0 Å². The van der Waals surface area contributed by atoms with Crippen LogP contribution in [0, 0.1) is 0 Å². The molecule has 3 rings (SSSR count). The van der Waals surface area contributed by atoms with E-state index in [0.717, 1.165) is 46.3 Å². The number of amides is 2. The highest BCUT2D eigenvalue weighted by atomic mass is 79.9. The number of sulfonamides is 1. The Morgan fingerprint density at radius 2 is 1.83 bits per heavy atom. The second-order valence-electron chi connectivity index (χ2n) is 8.68. The lowest BCUT2D eigenvalue weighted by molar-refractivity contribution is -0.139. The Balaban J connectivity index is 1.90. The molecule has 1 aliphatic carbocycles. The zero-order valence-electron chi connectivity index (χ0n) is 19.5. The number of hydrogen-bond acceptors (Lipinski definition) is 4. The van der Waals surface area contributed by atoms with Gasteiger partial charge in [0, 0.05) is 22.1 Å². The molecule has 0 unspecified atom stereocenters. The van der Waals surface area contributed by atoms with E-state index in [9.17, 15) is 18.0 Å². The molecule has 0 aromatic heterocycles. The van der Waals surface area contributed by atoms with Crippen LogP contribution in [0.5, 0.6) is 0 Å². The number of nitrogens with one attached hydrogen (secondary N) is 1. The van der Waals surface area contributed by atoms with Gasteiger partial charge in [0.05, 0.1) is 17.0 Å². The van der Waals surface area contributed by atoms with E-state index in [2.05, 4.69) is 21.2 Å². The van der Waals surface area contributed by atoms with Crippen LogP contribution >= 0.6 is 39.1 Å². The number of anilines is 1. The second-order valence-corrected chi connectivity index (χ2v) is 12.3. The smallest absolute Gasteiger partial charge is 0.244 e. The van der Waals surface area contributed by atoms with E-state index < -0.39 is 28.5 Å². The summed E-state index contributed by atoms with van der Waals surface area (Å²) >= 11 is 15.7. The van der Waals surface area contributed by atoms with Gasteiger partial charge in [-0.2, -0.15) is 0 Å². The number of nitrogens with zero attached hydrogens (tertiary/aromatic N) is 2. The van der Waals surface area contributed by atoms with E-state index in [4.69, 9.17) is 23.2 Å². The van der Waals surface area contributed by atoms with Gasteiger partial charge >= 0.3 is 0 Å². The number of halogens is 3. The van der Waals surface area contributed by atoms with E-state index in [1.165, 1.54) is 23.1 Å². The van der Waals surface area contributed by atoms with E-state index in [-0.39, 0.29) is 29.2 Å². The van der Waals surface area contributed by atoms with Crippen molar-refractivity contribution in [1.29, 1.82) is 0 Å². The molecule has 11 heteroatoms. The molecule has 1 aliphatic rings. The molecule has 0 radical (unpaired) electrons. The average Bonchev–Trinajstić information content (AvgIpc) is 3.28. The summed E-state index contributed by atoms with van der Waals surface area (Å²) in [7, 11) is -3.88. The highest BCUT2D eigenvalue weighted by Crippen LogP contribution is 2.30. The summed E-state index contributed by atoms with van der Waals surface area (Å²) in [6, 6.07) is 11.0. The van der Waals surface area contributed by atoms with Crippen molar-refractivity contribution in [3.8, 4) is 0 Å². The first-order valence-corrected chi connectivity index (χ1v) is 14.6. The molecule has 1 fully saturated rings. The van der Waals surface area contributed by atoms with E-state index in [1.807, 2.05) is 24.3 Å². The molecule has 35 heavy (non-hydrogen) atoms. The number of carbonyl (C=O) groups excluding carboxylic acids is 2. The first kappa shape index (κ1) is 27.8. The molecule has 0 aliphatic heterocycles. The monoisotopic (exact) mass is 603 g/mol. The molecule has 190 valence electrons. The van der Waals surface area contributed by atoms with Crippen LogP contribution in [0.4, 0.5) is 5.69 Å². The number of carbonyl (C=O) groups is 2. The van der Waals surface area contributed by atoms with Crippen LogP contribution in [-0.4, -0.2) is 50.0 Å². The fourth-order valence-corrected chi connectivity index (χ4v) is 5.95.